The van der Waals surface area contributed by atoms with E-state index in [-0.39, 0.29) is 5.82 Å². The molecule has 133 valence electrons. The lowest BCUT2D eigenvalue weighted by Gasteiger charge is -2.37. The number of rotatable bonds is 3. The van der Waals surface area contributed by atoms with Crippen molar-refractivity contribution < 1.29 is 4.39 Å². The largest absolute Gasteiger partial charge is 0.368 e. The first-order valence-electron chi connectivity index (χ1n) is 9.70. The number of nitrogens with zero attached hydrogens (tertiary/aromatic N) is 2. The smallest absolute Gasteiger partial charge is 0.125 e. The van der Waals surface area contributed by atoms with Gasteiger partial charge in [-0.3, -0.25) is 4.90 Å². The third-order valence-corrected chi connectivity index (χ3v) is 5.87. The molecule has 0 saturated carbocycles. The van der Waals surface area contributed by atoms with E-state index in [2.05, 4.69) is 46.6 Å². The van der Waals surface area contributed by atoms with E-state index in [9.17, 15) is 4.39 Å². The van der Waals surface area contributed by atoms with Crippen molar-refractivity contribution in [3.63, 3.8) is 0 Å². The predicted octanol–water partition coefficient (Wildman–Crippen LogP) is 4.46. The molecule has 0 bridgehead atoms. The molecule has 2 aromatic carbocycles. The molecular formula is C23H24FN2. The average molecular weight is 347 g/mol. The van der Waals surface area contributed by atoms with Gasteiger partial charge in [0.05, 0.1) is 0 Å². The highest BCUT2D eigenvalue weighted by molar-refractivity contribution is 5.98. The fourth-order valence-corrected chi connectivity index (χ4v) is 4.44. The highest BCUT2D eigenvalue weighted by Gasteiger charge is 2.32. The van der Waals surface area contributed by atoms with Gasteiger partial charge >= 0.3 is 0 Å². The van der Waals surface area contributed by atoms with Crippen molar-refractivity contribution >= 4 is 11.3 Å². The number of halogens is 1. The summed E-state index contributed by atoms with van der Waals surface area (Å²) in [5, 5.41) is 0. The molecule has 1 fully saturated rings. The summed E-state index contributed by atoms with van der Waals surface area (Å²) in [4.78, 5) is 4.89. The predicted molar refractivity (Wildman–Crippen MR) is 104 cm³/mol. The SMILES string of the molecule is Fc1cc2c(c(N3CCN(Cc4ccccc4)CC3)c1)C1=C([CH]1)CCC2. The van der Waals surface area contributed by atoms with Crippen LogP contribution in [0.4, 0.5) is 10.1 Å². The molecule has 5 rings (SSSR count). The fraction of sp³-hybridized carbons (Fsp3) is 0.348. The molecule has 0 N–H and O–H groups in total. The minimum Gasteiger partial charge on any atom is -0.368 e. The summed E-state index contributed by atoms with van der Waals surface area (Å²) >= 11 is 0. The number of piperazine rings is 1. The summed E-state index contributed by atoms with van der Waals surface area (Å²) in [5.74, 6) is -0.0878. The van der Waals surface area contributed by atoms with Crippen LogP contribution in [-0.2, 0) is 13.0 Å². The maximum atomic E-state index is 14.3. The number of allylic oxidation sites excluding steroid dienone is 2. The van der Waals surface area contributed by atoms with Crippen LogP contribution in [-0.4, -0.2) is 31.1 Å². The van der Waals surface area contributed by atoms with E-state index in [0.717, 1.165) is 57.7 Å². The Bertz CT molecular complexity index is 848. The molecule has 1 saturated heterocycles. The van der Waals surface area contributed by atoms with Gasteiger partial charge in [0.25, 0.3) is 0 Å². The van der Waals surface area contributed by atoms with E-state index in [1.807, 2.05) is 0 Å². The van der Waals surface area contributed by atoms with Crippen molar-refractivity contribution in [2.24, 2.45) is 0 Å². The van der Waals surface area contributed by atoms with Gasteiger partial charge in [-0.1, -0.05) is 35.9 Å². The van der Waals surface area contributed by atoms with Gasteiger partial charge in [0.2, 0.25) is 0 Å². The molecule has 1 radical (unpaired) electrons. The number of hydrogen-bond donors (Lipinski definition) is 0. The molecule has 2 aromatic rings. The maximum absolute atomic E-state index is 14.3. The number of anilines is 1. The third-order valence-electron chi connectivity index (χ3n) is 5.87. The van der Waals surface area contributed by atoms with Crippen molar-refractivity contribution in [3.05, 3.63) is 77.0 Å². The molecule has 0 amide bonds. The summed E-state index contributed by atoms with van der Waals surface area (Å²) in [7, 11) is 0. The zero-order valence-electron chi connectivity index (χ0n) is 15.0. The van der Waals surface area contributed by atoms with Crippen LogP contribution in [0, 0.1) is 12.2 Å². The van der Waals surface area contributed by atoms with Crippen LogP contribution in [0.1, 0.15) is 29.5 Å². The van der Waals surface area contributed by atoms with Gasteiger partial charge in [0.1, 0.15) is 5.82 Å². The van der Waals surface area contributed by atoms with E-state index in [0.29, 0.717) is 0 Å². The zero-order chi connectivity index (χ0) is 17.5. The highest BCUT2D eigenvalue weighted by atomic mass is 19.1. The maximum Gasteiger partial charge on any atom is 0.125 e. The molecule has 3 heteroatoms. The molecule has 26 heavy (non-hydrogen) atoms. The lowest BCUT2D eigenvalue weighted by molar-refractivity contribution is 0.250. The van der Waals surface area contributed by atoms with Gasteiger partial charge in [-0.25, -0.2) is 4.39 Å². The monoisotopic (exact) mass is 347 g/mol. The molecular weight excluding hydrogens is 323 g/mol. The summed E-state index contributed by atoms with van der Waals surface area (Å²) in [5.41, 5.74) is 7.87. The van der Waals surface area contributed by atoms with Crippen molar-refractivity contribution in [2.75, 3.05) is 31.1 Å². The van der Waals surface area contributed by atoms with Crippen LogP contribution >= 0.6 is 0 Å². The molecule has 0 aromatic heterocycles. The molecule has 1 aliphatic heterocycles. The number of benzene rings is 2. The lowest BCUT2D eigenvalue weighted by atomic mass is 9.97. The number of hydrogen-bond acceptors (Lipinski definition) is 2. The van der Waals surface area contributed by atoms with Gasteiger partial charge in [-0.05, 0) is 48.1 Å². The molecule has 3 aliphatic rings. The number of aryl methyl sites for hydroxylation is 1. The van der Waals surface area contributed by atoms with E-state index in [1.165, 1.54) is 27.8 Å². The first-order valence-corrected chi connectivity index (χ1v) is 9.70. The summed E-state index contributed by atoms with van der Waals surface area (Å²) < 4.78 is 14.3. The standard InChI is InChI=1S/C23H24FN2/c24-20-13-19-8-4-7-18-14-21(18)23(19)22(15-20)26-11-9-25(10-12-26)16-17-5-2-1-3-6-17/h1-3,5-6,13-15H,4,7-12,16H2. The third kappa shape index (κ3) is 3.05. The van der Waals surface area contributed by atoms with Crippen molar-refractivity contribution in [1.29, 1.82) is 0 Å². The summed E-state index contributed by atoms with van der Waals surface area (Å²) in [6.45, 7) is 4.97. The van der Waals surface area contributed by atoms with Crippen LogP contribution in [0.15, 0.2) is 48.0 Å². The van der Waals surface area contributed by atoms with Crippen LogP contribution in [0.25, 0.3) is 5.57 Å². The van der Waals surface area contributed by atoms with Gasteiger partial charge in [0, 0.05) is 50.4 Å². The van der Waals surface area contributed by atoms with Crippen LogP contribution < -0.4 is 4.90 Å². The Morgan fingerprint density at radius 1 is 0.923 bits per heavy atom. The number of fused-ring (bicyclic) bond motifs is 2. The topological polar surface area (TPSA) is 6.48 Å². The van der Waals surface area contributed by atoms with Crippen LogP contribution in [0.3, 0.4) is 0 Å². The summed E-state index contributed by atoms with van der Waals surface area (Å²) in [6, 6.07) is 14.2. The average Bonchev–Trinajstić information content (AvgIpc) is 3.42. The molecule has 0 spiro atoms. The van der Waals surface area contributed by atoms with E-state index >= 15 is 0 Å². The van der Waals surface area contributed by atoms with Crippen molar-refractivity contribution in [1.82, 2.24) is 4.90 Å². The Hall–Kier alpha value is -2.13. The zero-order valence-corrected chi connectivity index (χ0v) is 15.0. The highest BCUT2D eigenvalue weighted by Crippen LogP contribution is 2.49. The van der Waals surface area contributed by atoms with Crippen molar-refractivity contribution in [2.45, 2.75) is 25.8 Å². The second-order valence-electron chi connectivity index (χ2n) is 7.64. The quantitative estimate of drug-likeness (QED) is 0.809. The normalized spacial score (nSPS) is 19.8. The first kappa shape index (κ1) is 16.1. The Morgan fingerprint density at radius 3 is 2.54 bits per heavy atom. The fourth-order valence-electron chi connectivity index (χ4n) is 4.44. The van der Waals surface area contributed by atoms with Gasteiger partial charge in [0.15, 0.2) is 0 Å². The molecule has 1 heterocycles. The van der Waals surface area contributed by atoms with Crippen LogP contribution in [0.2, 0.25) is 0 Å². The Kier molecular flexibility index (Phi) is 4.05. The Morgan fingerprint density at radius 2 is 1.73 bits per heavy atom. The summed E-state index contributed by atoms with van der Waals surface area (Å²) in [6.07, 6.45) is 5.58. The molecule has 0 atom stereocenters. The molecule has 2 aliphatic carbocycles. The van der Waals surface area contributed by atoms with E-state index < -0.39 is 0 Å². The Balaban J connectivity index is 1.35. The van der Waals surface area contributed by atoms with E-state index in [1.54, 1.807) is 12.1 Å². The van der Waals surface area contributed by atoms with Crippen LogP contribution in [0.5, 0.6) is 0 Å². The van der Waals surface area contributed by atoms with Crippen molar-refractivity contribution in [3.8, 4) is 0 Å². The first-order chi connectivity index (χ1) is 12.8. The van der Waals surface area contributed by atoms with Gasteiger partial charge in [-0.15, -0.1) is 0 Å². The molecule has 0 unspecified atom stereocenters. The molecule has 2 nitrogen and oxygen atoms in total. The van der Waals surface area contributed by atoms with Gasteiger partial charge < -0.3 is 4.90 Å². The van der Waals surface area contributed by atoms with Gasteiger partial charge in [-0.2, -0.15) is 0 Å². The minimum atomic E-state index is -0.0878. The second-order valence-corrected chi connectivity index (χ2v) is 7.64. The van der Waals surface area contributed by atoms with E-state index in [4.69, 9.17) is 0 Å². The lowest BCUT2D eigenvalue weighted by Crippen LogP contribution is -2.46. The second kappa shape index (κ2) is 6.55. The minimum absolute atomic E-state index is 0.0878. The Labute approximate surface area is 154 Å².